The molecule has 12 aromatic rings. The van der Waals surface area contributed by atoms with E-state index >= 15 is 0 Å². The molecule has 3 heteroatoms. The number of fused-ring (bicyclic) bond motifs is 8. The third-order valence-electron chi connectivity index (χ3n) is 12.3. The highest BCUT2D eigenvalue weighted by molar-refractivity contribution is 6.18. The molecule has 2 aromatic heterocycles. The van der Waals surface area contributed by atoms with Gasteiger partial charge in [-0.2, -0.15) is 0 Å². The zero-order valence-electron chi connectivity index (χ0n) is 33.4. The Kier molecular flexibility index (Phi) is 8.17. The highest BCUT2D eigenvalue weighted by Crippen LogP contribution is 2.41. The molecular weight excluding hydrogens is 739 g/mol. The number of benzene rings is 10. The first kappa shape index (κ1) is 34.9. The third kappa shape index (κ3) is 5.82. The van der Waals surface area contributed by atoms with Gasteiger partial charge in [-0.05, 0) is 100 Å². The van der Waals surface area contributed by atoms with Crippen LogP contribution in [0.15, 0.2) is 237 Å². The van der Waals surface area contributed by atoms with E-state index in [-0.39, 0.29) is 0 Å². The summed E-state index contributed by atoms with van der Waals surface area (Å²) in [5.41, 5.74) is 15.1. The second kappa shape index (κ2) is 14.3. The van der Waals surface area contributed by atoms with E-state index in [1.165, 1.54) is 76.6 Å². The first-order valence-corrected chi connectivity index (χ1v) is 20.9. The Bertz CT molecular complexity index is 3540. The molecule has 0 aliphatic carbocycles. The monoisotopic (exact) mass is 777 g/mol. The molecule has 0 unspecified atom stereocenters. The van der Waals surface area contributed by atoms with Gasteiger partial charge in [-0.25, -0.2) is 0 Å². The van der Waals surface area contributed by atoms with E-state index in [0.29, 0.717) is 0 Å². The van der Waals surface area contributed by atoms with Crippen molar-refractivity contribution in [2.24, 2.45) is 0 Å². The number of nitrogens with zero attached hydrogens (tertiary/aromatic N) is 3. The van der Waals surface area contributed by atoms with Crippen molar-refractivity contribution in [1.29, 1.82) is 0 Å². The normalized spacial score (nSPS) is 11.6. The molecule has 0 fully saturated rings. The maximum absolute atomic E-state index is 2.43. The molecule has 0 N–H and O–H groups in total. The van der Waals surface area contributed by atoms with Crippen molar-refractivity contribution in [3.05, 3.63) is 237 Å². The lowest BCUT2D eigenvalue weighted by atomic mass is 10.0. The van der Waals surface area contributed by atoms with Crippen LogP contribution in [0.25, 0.3) is 88.0 Å². The van der Waals surface area contributed by atoms with E-state index in [1.54, 1.807) is 0 Å². The van der Waals surface area contributed by atoms with Crippen LogP contribution in [0.5, 0.6) is 0 Å². The van der Waals surface area contributed by atoms with Crippen LogP contribution in [0.1, 0.15) is 0 Å². The number of anilines is 3. The summed E-state index contributed by atoms with van der Waals surface area (Å²) in [5.74, 6) is 0. The summed E-state index contributed by atoms with van der Waals surface area (Å²) in [7, 11) is 0. The van der Waals surface area contributed by atoms with Crippen LogP contribution in [0.2, 0.25) is 0 Å². The quantitative estimate of drug-likeness (QED) is 0.157. The average Bonchev–Trinajstić information content (AvgIpc) is 3.86. The summed E-state index contributed by atoms with van der Waals surface area (Å²) in [4.78, 5) is 2.38. The summed E-state index contributed by atoms with van der Waals surface area (Å²) < 4.78 is 4.81. The van der Waals surface area contributed by atoms with Crippen molar-refractivity contribution < 1.29 is 0 Å². The summed E-state index contributed by atoms with van der Waals surface area (Å²) >= 11 is 0. The topological polar surface area (TPSA) is 13.1 Å². The summed E-state index contributed by atoms with van der Waals surface area (Å²) in [5, 5.41) is 7.52. The molecule has 0 aliphatic heterocycles. The van der Waals surface area contributed by atoms with Crippen LogP contribution in [-0.4, -0.2) is 9.13 Å². The van der Waals surface area contributed by atoms with Gasteiger partial charge in [0.05, 0.1) is 22.1 Å². The number of hydrogen-bond acceptors (Lipinski definition) is 1. The minimum absolute atomic E-state index is 1.09. The van der Waals surface area contributed by atoms with Crippen molar-refractivity contribution >= 4 is 71.4 Å². The van der Waals surface area contributed by atoms with Crippen LogP contribution in [0.4, 0.5) is 17.1 Å². The second-order valence-electron chi connectivity index (χ2n) is 15.8. The fourth-order valence-corrected chi connectivity index (χ4v) is 9.44. The van der Waals surface area contributed by atoms with Gasteiger partial charge < -0.3 is 14.0 Å². The van der Waals surface area contributed by atoms with Crippen LogP contribution in [0, 0.1) is 0 Å². The first-order chi connectivity index (χ1) is 30.3. The summed E-state index contributed by atoms with van der Waals surface area (Å²) in [6, 6.07) is 85.8. The smallest absolute Gasteiger partial charge is 0.0619 e. The maximum atomic E-state index is 2.43. The molecule has 0 bridgehead atoms. The van der Waals surface area contributed by atoms with E-state index < -0.39 is 0 Å². The zero-order chi connectivity index (χ0) is 40.3. The third-order valence-corrected chi connectivity index (χ3v) is 12.3. The lowest BCUT2D eigenvalue weighted by molar-refractivity contribution is 1.18. The Morgan fingerprint density at radius 3 is 1.36 bits per heavy atom. The highest BCUT2D eigenvalue weighted by atomic mass is 15.1. The summed E-state index contributed by atoms with van der Waals surface area (Å²) in [6.45, 7) is 0. The molecule has 0 radical (unpaired) electrons. The Hall–Kier alpha value is -8.14. The predicted molar refractivity (Wildman–Crippen MR) is 258 cm³/mol. The molecule has 0 amide bonds. The van der Waals surface area contributed by atoms with Crippen LogP contribution >= 0.6 is 0 Å². The van der Waals surface area contributed by atoms with E-state index in [1.807, 2.05) is 0 Å². The molecule has 0 saturated carbocycles. The van der Waals surface area contributed by atoms with Gasteiger partial charge in [-0.15, -0.1) is 0 Å². The maximum Gasteiger partial charge on any atom is 0.0619 e. The van der Waals surface area contributed by atoms with Gasteiger partial charge in [0.15, 0.2) is 0 Å². The van der Waals surface area contributed by atoms with E-state index in [0.717, 1.165) is 28.4 Å². The van der Waals surface area contributed by atoms with Crippen molar-refractivity contribution in [2.45, 2.75) is 0 Å². The van der Waals surface area contributed by atoms with Gasteiger partial charge >= 0.3 is 0 Å². The van der Waals surface area contributed by atoms with Crippen molar-refractivity contribution in [3.8, 4) is 33.6 Å². The SMILES string of the molecule is c1ccc(-c2ccc(N(c3ccc(-c4ccc(-n5c6ccccc6c6ccc7ccccc7c65)cc4)cc3)c3ccc4c5ccccc5n(-c5ccccc5)c4c3)cc2)cc1. The Labute approximate surface area is 354 Å². The Morgan fingerprint density at radius 1 is 0.262 bits per heavy atom. The fraction of sp³-hybridized carbons (Fsp3) is 0. The number of rotatable bonds is 7. The highest BCUT2D eigenvalue weighted by Gasteiger charge is 2.19. The van der Waals surface area contributed by atoms with Gasteiger partial charge in [-0.1, -0.05) is 164 Å². The van der Waals surface area contributed by atoms with E-state index in [9.17, 15) is 0 Å². The van der Waals surface area contributed by atoms with Crippen LogP contribution in [-0.2, 0) is 0 Å². The van der Waals surface area contributed by atoms with E-state index in [2.05, 4.69) is 251 Å². The number of hydrogen-bond donors (Lipinski definition) is 0. The molecule has 2 heterocycles. The van der Waals surface area contributed by atoms with Gasteiger partial charge in [0.1, 0.15) is 0 Å². The molecule has 286 valence electrons. The minimum Gasteiger partial charge on any atom is -0.310 e. The van der Waals surface area contributed by atoms with Crippen LogP contribution < -0.4 is 4.90 Å². The Balaban J connectivity index is 0.957. The Morgan fingerprint density at radius 2 is 0.705 bits per heavy atom. The lowest BCUT2D eigenvalue weighted by Gasteiger charge is -2.26. The standard InChI is InChI=1S/C58H39N3/c1-3-13-40(14-4-1)41-23-30-46(31-24-41)59(49-36-38-53-51-19-9-11-21-55(51)60(57(53)39-49)45-16-5-2-6-17-45)47-32-25-42(26-33-47)43-27-34-48(35-28-43)61-56-22-12-10-20-52(56)54-37-29-44-15-7-8-18-50(44)58(54)61/h1-39H. The molecule has 12 rings (SSSR count). The molecule has 0 atom stereocenters. The molecule has 61 heavy (non-hydrogen) atoms. The molecular formula is C58H39N3. The second-order valence-corrected chi connectivity index (χ2v) is 15.8. The molecule has 0 aliphatic rings. The van der Waals surface area contributed by atoms with Crippen molar-refractivity contribution in [1.82, 2.24) is 9.13 Å². The number of para-hydroxylation sites is 3. The van der Waals surface area contributed by atoms with Crippen molar-refractivity contribution in [3.63, 3.8) is 0 Å². The van der Waals surface area contributed by atoms with Crippen LogP contribution in [0.3, 0.4) is 0 Å². The molecule has 10 aromatic carbocycles. The zero-order valence-corrected chi connectivity index (χ0v) is 33.4. The van der Waals surface area contributed by atoms with Gasteiger partial charge in [0, 0.05) is 55.4 Å². The molecule has 0 saturated heterocycles. The first-order valence-electron chi connectivity index (χ1n) is 20.9. The fourth-order valence-electron chi connectivity index (χ4n) is 9.44. The molecule has 0 spiro atoms. The van der Waals surface area contributed by atoms with Crippen molar-refractivity contribution in [2.75, 3.05) is 4.90 Å². The molecule has 3 nitrogen and oxygen atoms in total. The predicted octanol–water partition coefficient (Wildman–Crippen LogP) is 15.8. The van der Waals surface area contributed by atoms with E-state index in [4.69, 9.17) is 0 Å². The van der Waals surface area contributed by atoms with Gasteiger partial charge in [0.25, 0.3) is 0 Å². The lowest BCUT2D eigenvalue weighted by Crippen LogP contribution is -2.10. The summed E-state index contributed by atoms with van der Waals surface area (Å²) in [6.07, 6.45) is 0. The largest absolute Gasteiger partial charge is 0.310 e. The van der Waals surface area contributed by atoms with Gasteiger partial charge in [-0.3, -0.25) is 0 Å². The minimum atomic E-state index is 1.09. The average molecular weight is 778 g/mol. The number of aromatic nitrogens is 2. The van der Waals surface area contributed by atoms with Gasteiger partial charge in [0.2, 0.25) is 0 Å².